The zero-order valence-electron chi connectivity index (χ0n) is 13.4. The molecule has 6 heteroatoms. The SMILES string of the molecule is CCOC(=O)C1CCN(C(=O)NCCc2ccccc2Cl)CC1. The number of carbonyl (C=O) groups excluding carboxylic acids is 2. The van der Waals surface area contributed by atoms with Crippen molar-refractivity contribution in [3.8, 4) is 0 Å². The fraction of sp³-hybridized carbons (Fsp3) is 0.529. The number of urea groups is 1. The van der Waals surface area contributed by atoms with Crippen molar-refractivity contribution in [3.05, 3.63) is 34.9 Å². The molecule has 0 radical (unpaired) electrons. The van der Waals surface area contributed by atoms with Crippen LogP contribution in [0, 0.1) is 5.92 Å². The monoisotopic (exact) mass is 338 g/mol. The van der Waals surface area contributed by atoms with E-state index in [0.717, 1.165) is 10.6 Å². The average Bonchev–Trinajstić information content (AvgIpc) is 2.57. The first-order valence-electron chi connectivity index (χ1n) is 8.04. The summed E-state index contributed by atoms with van der Waals surface area (Å²) in [7, 11) is 0. The van der Waals surface area contributed by atoms with E-state index in [1.54, 1.807) is 11.8 Å². The molecule has 0 saturated carbocycles. The van der Waals surface area contributed by atoms with Gasteiger partial charge in [0.25, 0.3) is 0 Å². The molecule has 0 unspecified atom stereocenters. The smallest absolute Gasteiger partial charge is 0.317 e. The normalized spacial score (nSPS) is 15.3. The number of halogens is 1. The van der Waals surface area contributed by atoms with Gasteiger partial charge in [0.1, 0.15) is 0 Å². The number of amides is 2. The maximum atomic E-state index is 12.1. The number of ether oxygens (including phenoxy) is 1. The Labute approximate surface area is 141 Å². The molecule has 1 saturated heterocycles. The minimum absolute atomic E-state index is 0.0814. The molecule has 0 atom stereocenters. The first-order valence-corrected chi connectivity index (χ1v) is 8.42. The molecular formula is C17H23ClN2O3. The van der Waals surface area contributed by atoms with E-state index in [2.05, 4.69) is 5.32 Å². The quantitative estimate of drug-likeness (QED) is 0.840. The summed E-state index contributed by atoms with van der Waals surface area (Å²) in [5.74, 6) is -0.228. The van der Waals surface area contributed by atoms with Gasteiger partial charge < -0.3 is 15.0 Å². The molecule has 1 aliphatic rings. The highest BCUT2D eigenvalue weighted by atomic mass is 35.5. The Morgan fingerprint density at radius 3 is 2.65 bits per heavy atom. The molecule has 0 aromatic heterocycles. The Morgan fingerprint density at radius 2 is 2.00 bits per heavy atom. The molecule has 1 aliphatic heterocycles. The van der Waals surface area contributed by atoms with Crippen molar-refractivity contribution >= 4 is 23.6 Å². The zero-order valence-corrected chi connectivity index (χ0v) is 14.1. The lowest BCUT2D eigenvalue weighted by atomic mass is 9.97. The van der Waals surface area contributed by atoms with Crippen LogP contribution in [-0.4, -0.2) is 43.1 Å². The Hall–Kier alpha value is -1.75. The minimum atomic E-state index is -0.147. The lowest BCUT2D eigenvalue weighted by Crippen LogP contribution is -2.46. The Kier molecular flexibility index (Phi) is 6.71. The lowest BCUT2D eigenvalue weighted by Gasteiger charge is -2.30. The number of benzene rings is 1. The fourth-order valence-electron chi connectivity index (χ4n) is 2.70. The first kappa shape index (κ1) is 17.6. The Morgan fingerprint density at radius 1 is 1.30 bits per heavy atom. The summed E-state index contributed by atoms with van der Waals surface area (Å²) in [6.07, 6.45) is 2.03. The van der Waals surface area contributed by atoms with Crippen molar-refractivity contribution in [1.29, 1.82) is 0 Å². The molecule has 5 nitrogen and oxygen atoms in total. The molecule has 0 aliphatic carbocycles. The molecule has 2 rings (SSSR count). The molecule has 0 spiro atoms. The van der Waals surface area contributed by atoms with E-state index < -0.39 is 0 Å². The molecule has 1 fully saturated rings. The predicted molar refractivity (Wildman–Crippen MR) is 89.5 cm³/mol. The molecule has 2 amide bonds. The third-order valence-corrected chi connectivity index (χ3v) is 4.40. The van der Waals surface area contributed by atoms with Crippen LogP contribution < -0.4 is 5.32 Å². The number of hydrogen-bond acceptors (Lipinski definition) is 3. The lowest BCUT2D eigenvalue weighted by molar-refractivity contribution is -0.149. The summed E-state index contributed by atoms with van der Waals surface area (Å²) in [6.45, 7) is 3.92. The molecule has 1 heterocycles. The first-order chi connectivity index (χ1) is 11.1. The second kappa shape index (κ2) is 8.77. The van der Waals surface area contributed by atoms with Gasteiger partial charge in [0.15, 0.2) is 0 Å². The van der Waals surface area contributed by atoms with E-state index in [0.29, 0.717) is 45.5 Å². The van der Waals surface area contributed by atoms with Gasteiger partial charge in [-0.1, -0.05) is 29.8 Å². The summed E-state index contributed by atoms with van der Waals surface area (Å²) in [5.41, 5.74) is 1.02. The number of esters is 1. The number of nitrogens with one attached hydrogen (secondary N) is 1. The maximum absolute atomic E-state index is 12.1. The van der Waals surface area contributed by atoms with Crippen LogP contribution in [0.4, 0.5) is 4.79 Å². The second-order valence-electron chi connectivity index (χ2n) is 5.59. The largest absolute Gasteiger partial charge is 0.466 e. The van der Waals surface area contributed by atoms with Crippen LogP contribution in [-0.2, 0) is 16.0 Å². The molecule has 0 bridgehead atoms. The van der Waals surface area contributed by atoms with E-state index >= 15 is 0 Å². The number of likely N-dealkylation sites (tertiary alicyclic amines) is 1. The molecule has 23 heavy (non-hydrogen) atoms. The number of carbonyl (C=O) groups is 2. The van der Waals surface area contributed by atoms with Gasteiger partial charge in [-0.05, 0) is 37.8 Å². The zero-order chi connectivity index (χ0) is 16.7. The summed E-state index contributed by atoms with van der Waals surface area (Å²) in [6, 6.07) is 7.54. The second-order valence-corrected chi connectivity index (χ2v) is 5.99. The highest BCUT2D eigenvalue weighted by Crippen LogP contribution is 2.19. The number of rotatable bonds is 5. The fourth-order valence-corrected chi connectivity index (χ4v) is 2.93. The summed E-state index contributed by atoms with van der Waals surface area (Å²) in [5, 5.41) is 3.63. The van der Waals surface area contributed by atoms with Crippen molar-refractivity contribution in [2.24, 2.45) is 5.92 Å². The topological polar surface area (TPSA) is 58.6 Å². The summed E-state index contributed by atoms with van der Waals surface area (Å²) in [4.78, 5) is 25.6. The molecule has 1 N–H and O–H groups in total. The van der Waals surface area contributed by atoms with Crippen molar-refractivity contribution < 1.29 is 14.3 Å². The van der Waals surface area contributed by atoms with Crippen LogP contribution in [0.15, 0.2) is 24.3 Å². The molecule has 126 valence electrons. The number of hydrogen-bond donors (Lipinski definition) is 1. The van der Waals surface area contributed by atoms with Crippen LogP contribution in [0.1, 0.15) is 25.3 Å². The predicted octanol–water partition coefficient (Wildman–Crippen LogP) is 2.87. The van der Waals surface area contributed by atoms with E-state index in [1.165, 1.54) is 0 Å². The van der Waals surface area contributed by atoms with Crippen molar-refractivity contribution in [3.63, 3.8) is 0 Å². The Balaban J connectivity index is 1.71. The molecule has 1 aromatic carbocycles. The van der Waals surface area contributed by atoms with Gasteiger partial charge in [-0.15, -0.1) is 0 Å². The van der Waals surface area contributed by atoms with Gasteiger partial charge in [0.05, 0.1) is 12.5 Å². The molecule has 1 aromatic rings. The number of nitrogens with zero attached hydrogens (tertiary/aromatic N) is 1. The van der Waals surface area contributed by atoms with Gasteiger partial charge in [0, 0.05) is 24.7 Å². The Bertz CT molecular complexity index is 542. The number of piperidine rings is 1. The van der Waals surface area contributed by atoms with Crippen molar-refractivity contribution in [1.82, 2.24) is 10.2 Å². The van der Waals surface area contributed by atoms with Gasteiger partial charge in [-0.25, -0.2) is 4.79 Å². The third-order valence-electron chi connectivity index (χ3n) is 4.03. The van der Waals surface area contributed by atoms with E-state index in [1.807, 2.05) is 24.3 Å². The molecular weight excluding hydrogens is 316 g/mol. The van der Waals surface area contributed by atoms with Gasteiger partial charge in [-0.3, -0.25) is 4.79 Å². The van der Waals surface area contributed by atoms with Crippen LogP contribution >= 0.6 is 11.6 Å². The van der Waals surface area contributed by atoms with Crippen LogP contribution in [0.5, 0.6) is 0 Å². The standard InChI is InChI=1S/C17H23ClN2O3/c1-2-23-16(21)14-8-11-20(12-9-14)17(22)19-10-7-13-5-3-4-6-15(13)18/h3-6,14H,2,7-12H2,1H3,(H,19,22). The van der Waals surface area contributed by atoms with Crippen LogP contribution in [0.2, 0.25) is 5.02 Å². The summed E-state index contributed by atoms with van der Waals surface area (Å²) < 4.78 is 5.03. The van der Waals surface area contributed by atoms with Gasteiger partial charge in [0.2, 0.25) is 0 Å². The van der Waals surface area contributed by atoms with Crippen LogP contribution in [0.3, 0.4) is 0 Å². The van der Waals surface area contributed by atoms with Gasteiger partial charge in [-0.2, -0.15) is 0 Å². The summed E-state index contributed by atoms with van der Waals surface area (Å²) >= 11 is 6.09. The highest BCUT2D eigenvalue weighted by molar-refractivity contribution is 6.31. The van der Waals surface area contributed by atoms with Gasteiger partial charge >= 0.3 is 12.0 Å². The van der Waals surface area contributed by atoms with E-state index in [4.69, 9.17) is 16.3 Å². The van der Waals surface area contributed by atoms with E-state index in [-0.39, 0.29) is 17.9 Å². The van der Waals surface area contributed by atoms with E-state index in [9.17, 15) is 9.59 Å². The average molecular weight is 339 g/mol. The van der Waals surface area contributed by atoms with Crippen LogP contribution in [0.25, 0.3) is 0 Å². The van der Waals surface area contributed by atoms with Crippen molar-refractivity contribution in [2.75, 3.05) is 26.2 Å². The third kappa shape index (κ3) is 5.13. The minimum Gasteiger partial charge on any atom is -0.466 e. The maximum Gasteiger partial charge on any atom is 0.317 e. The van der Waals surface area contributed by atoms with Crippen molar-refractivity contribution in [2.45, 2.75) is 26.2 Å². The highest BCUT2D eigenvalue weighted by Gasteiger charge is 2.27.